The van der Waals surface area contributed by atoms with Gasteiger partial charge in [-0.1, -0.05) is 18.2 Å². The number of carbonyl (C=O) groups is 1. The Morgan fingerprint density at radius 3 is 2.89 bits per heavy atom. The maximum Gasteiger partial charge on any atom is 0.303 e. The van der Waals surface area contributed by atoms with Crippen molar-refractivity contribution in [2.45, 2.75) is 24.3 Å². The fourth-order valence-electron chi connectivity index (χ4n) is 1.64. The summed E-state index contributed by atoms with van der Waals surface area (Å²) in [5, 5.41) is 10.6. The highest BCUT2D eigenvalue weighted by Gasteiger charge is 2.03. The maximum atomic E-state index is 10.4. The minimum Gasteiger partial charge on any atom is -0.481 e. The van der Waals surface area contributed by atoms with E-state index in [1.807, 2.05) is 24.3 Å². The van der Waals surface area contributed by atoms with Gasteiger partial charge in [0.1, 0.15) is 11.4 Å². The molecule has 0 radical (unpaired) electrons. The van der Waals surface area contributed by atoms with Gasteiger partial charge in [0.25, 0.3) is 0 Å². The highest BCUT2D eigenvalue weighted by molar-refractivity contribution is 7.99. The van der Waals surface area contributed by atoms with Crippen LogP contribution in [0.25, 0.3) is 10.9 Å². The summed E-state index contributed by atoms with van der Waals surface area (Å²) in [5.74, 6) is 0.154. The molecular formula is C13H14N2O2S. The fraction of sp³-hybridized carbons (Fsp3) is 0.308. The summed E-state index contributed by atoms with van der Waals surface area (Å²) in [7, 11) is 0. The molecule has 0 aliphatic heterocycles. The largest absolute Gasteiger partial charge is 0.481 e. The van der Waals surface area contributed by atoms with Crippen molar-refractivity contribution in [1.82, 2.24) is 9.97 Å². The molecule has 0 saturated carbocycles. The number of fused-ring (bicyclic) bond motifs is 1. The standard InChI is InChI=1S/C13H14N2O2S/c16-12(17)7-3-4-8-18-13-10-5-1-2-6-11(10)14-9-15-13/h1-2,5-6,9H,3-4,7-8H2,(H,16,17). The van der Waals surface area contributed by atoms with Gasteiger partial charge in [0, 0.05) is 11.8 Å². The molecule has 0 aliphatic rings. The molecule has 18 heavy (non-hydrogen) atoms. The van der Waals surface area contributed by atoms with Crippen molar-refractivity contribution < 1.29 is 9.90 Å². The van der Waals surface area contributed by atoms with Crippen LogP contribution in [0.4, 0.5) is 0 Å². The van der Waals surface area contributed by atoms with Crippen LogP contribution >= 0.6 is 11.8 Å². The lowest BCUT2D eigenvalue weighted by Gasteiger charge is -2.03. The molecule has 0 fully saturated rings. The van der Waals surface area contributed by atoms with Crippen LogP contribution in [0.5, 0.6) is 0 Å². The molecule has 2 rings (SSSR count). The number of aromatic nitrogens is 2. The molecule has 1 heterocycles. The molecule has 0 bridgehead atoms. The summed E-state index contributed by atoms with van der Waals surface area (Å²) >= 11 is 1.66. The van der Waals surface area contributed by atoms with E-state index in [1.165, 1.54) is 0 Å². The first-order chi connectivity index (χ1) is 8.77. The molecule has 0 atom stereocenters. The average Bonchev–Trinajstić information content (AvgIpc) is 2.38. The van der Waals surface area contributed by atoms with E-state index in [4.69, 9.17) is 5.11 Å². The van der Waals surface area contributed by atoms with Crippen molar-refractivity contribution in [2.75, 3.05) is 5.75 Å². The lowest BCUT2D eigenvalue weighted by molar-refractivity contribution is -0.137. The van der Waals surface area contributed by atoms with Crippen LogP contribution in [0, 0.1) is 0 Å². The van der Waals surface area contributed by atoms with E-state index in [1.54, 1.807) is 18.1 Å². The molecule has 0 amide bonds. The van der Waals surface area contributed by atoms with Crippen LogP contribution in [0.2, 0.25) is 0 Å². The number of hydrogen-bond acceptors (Lipinski definition) is 4. The van der Waals surface area contributed by atoms with Crippen LogP contribution < -0.4 is 0 Å². The Kier molecular flexibility index (Phi) is 4.52. The van der Waals surface area contributed by atoms with E-state index in [0.29, 0.717) is 6.42 Å². The molecule has 0 saturated heterocycles. The Morgan fingerprint density at radius 1 is 1.22 bits per heavy atom. The van der Waals surface area contributed by atoms with Crippen molar-refractivity contribution in [3.63, 3.8) is 0 Å². The van der Waals surface area contributed by atoms with Gasteiger partial charge in [-0.25, -0.2) is 9.97 Å². The SMILES string of the molecule is O=C(O)CCCCSc1ncnc2ccccc12. The quantitative estimate of drug-likeness (QED) is 0.492. The van der Waals surface area contributed by atoms with Gasteiger partial charge in [-0.3, -0.25) is 4.79 Å². The lowest BCUT2D eigenvalue weighted by Crippen LogP contribution is -1.94. The second kappa shape index (κ2) is 6.35. The van der Waals surface area contributed by atoms with Gasteiger partial charge >= 0.3 is 5.97 Å². The number of thioether (sulfide) groups is 1. The number of rotatable bonds is 6. The third kappa shape index (κ3) is 3.43. The van der Waals surface area contributed by atoms with Gasteiger partial charge in [0.05, 0.1) is 5.52 Å². The molecule has 0 spiro atoms. The third-order valence-electron chi connectivity index (χ3n) is 2.53. The minimum atomic E-state index is -0.729. The van der Waals surface area contributed by atoms with Gasteiger partial charge in [-0.2, -0.15) is 0 Å². The molecule has 94 valence electrons. The fourth-order valence-corrected chi connectivity index (χ4v) is 2.63. The Labute approximate surface area is 109 Å². The Morgan fingerprint density at radius 2 is 2.06 bits per heavy atom. The van der Waals surface area contributed by atoms with Crippen molar-refractivity contribution in [2.24, 2.45) is 0 Å². The average molecular weight is 262 g/mol. The van der Waals surface area contributed by atoms with Crippen LogP contribution in [-0.2, 0) is 4.79 Å². The van der Waals surface area contributed by atoms with Crippen LogP contribution in [0.1, 0.15) is 19.3 Å². The second-order valence-corrected chi connectivity index (χ2v) is 4.98. The first-order valence-electron chi connectivity index (χ1n) is 5.82. The summed E-state index contributed by atoms with van der Waals surface area (Å²) in [5.41, 5.74) is 0.945. The Balaban J connectivity index is 1.93. The van der Waals surface area contributed by atoms with E-state index in [2.05, 4.69) is 9.97 Å². The number of unbranched alkanes of at least 4 members (excludes halogenated alkanes) is 1. The van der Waals surface area contributed by atoms with Gasteiger partial charge in [-0.05, 0) is 24.7 Å². The number of aliphatic carboxylic acids is 1. The van der Waals surface area contributed by atoms with E-state index in [9.17, 15) is 4.79 Å². The number of carboxylic acids is 1. The van der Waals surface area contributed by atoms with E-state index in [-0.39, 0.29) is 6.42 Å². The first kappa shape index (κ1) is 12.8. The molecule has 4 nitrogen and oxygen atoms in total. The van der Waals surface area contributed by atoms with Gasteiger partial charge in [-0.15, -0.1) is 11.8 Å². The summed E-state index contributed by atoms with van der Waals surface area (Å²) in [6, 6.07) is 7.90. The molecule has 1 N–H and O–H groups in total. The van der Waals surface area contributed by atoms with Crippen LogP contribution in [-0.4, -0.2) is 26.8 Å². The van der Waals surface area contributed by atoms with Crippen molar-refractivity contribution >= 4 is 28.6 Å². The molecule has 0 unspecified atom stereocenters. The second-order valence-electron chi connectivity index (χ2n) is 3.90. The normalized spacial score (nSPS) is 10.7. The van der Waals surface area contributed by atoms with Gasteiger partial charge in [0.15, 0.2) is 0 Å². The minimum absolute atomic E-state index is 0.241. The molecule has 1 aromatic carbocycles. The molecule has 0 aliphatic carbocycles. The zero-order chi connectivity index (χ0) is 12.8. The number of nitrogens with zero attached hydrogens (tertiary/aromatic N) is 2. The predicted molar refractivity (Wildman–Crippen MR) is 71.7 cm³/mol. The number of hydrogen-bond donors (Lipinski definition) is 1. The lowest BCUT2D eigenvalue weighted by atomic mass is 10.2. The molecule has 1 aromatic heterocycles. The molecular weight excluding hydrogens is 248 g/mol. The zero-order valence-corrected chi connectivity index (χ0v) is 10.7. The highest BCUT2D eigenvalue weighted by atomic mass is 32.2. The topological polar surface area (TPSA) is 63.1 Å². The van der Waals surface area contributed by atoms with Crippen LogP contribution in [0.15, 0.2) is 35.6 Å². The maximum absolute atomic E-state index is 10.4. The van der Waals surface area contributed by atoms with E-state index < -0.39 is 5.97 Å². The molecule has 2 aromatic rings. The number of para-hydroxylation sites is 1. The summed E-state index contributed by atoms with van der Waals surface area (Å²) in [6.45, 7) is 0. The van der Waals surface area contributed by atoms with E-state index >= 15 is 0 Å². The number of benzene rings is 1. The monoisotopic (exact) mass is 262 g/mol. The number of carboxylic acid groups (broad SMARTS) is 1. The van der Waals surface area contributed by atoms with Gasteiger partial charge < -0.3 is 5.11 Å². The summed E-state index contributed by atoms with van der Waals surface area (Å²) in [4.78, 5) is 18.9. The zero-order valence-electron chi connectivity index (χ0n) is 9.87. The Hall–Kier alpha value is -1.62. The summed E-state index contributed by atoms with van der Waals surface area (Å²) in [6.07, 6.45) is 3.41. The third-order valence-corrected chi connectivity index (χ3v) is 3.62. The summed E-state index contributed by atoms with van der Waals surface area (Å²) < 4.78 is 0. The Bertz CT molecular complexity index is 540. The highest BCUT2D eigenvalue weighted by Crippen LogP contribution is 2.24. The van der Waals surface area contributed by atoms with Crippen molar-refractivity contribution in [3.05, 3.63) is 30.6 Å². The predicted octanol–water partition coefficient (Wildman–Crippen LogP) is 2.98. The molecule has 5 heteroatoms. The van der Waals surface area contributed by atoms with Crippen molar-refractivity contribution in [1.29, 1.82) is 0 Å². The van der Waals surface area contributed by atoms with Crippen molar-refractivity contribution in [3.8, 4) is 0 Å². The first-order valence-corrected chi connectivity index (χ1v) is 6.80. The van der Waals surface area contributed by atoms with Gasteiger partial charge in [0.2, 0.25) is 0 Å². The smallest absolute Gasteiger partial charge is 0.303 e. The van der Waals surface area contributed by atoms with E-state index in [0.717, 1.165) is 28.1 Å². The van der Waals surface area contributed by atoms with Crippen LogP contribution in [0.3, 0.4) is 0 Å².